The highest BCUT2D eigenvalue weighted by molar-refractivity contribution is 5.84. The Labute approximate surface area is 130 Å². The topological polar surface area (TPSA) is 59.4 Å². The fourth-order valence-electron chi connectivity index (χ4n) is 3.87. The monoisotopic (exact) mass is 330 g/mol. The molecule has 6 nitrogen and oxygen atoms in total. The summed E-state index contributed by atoms with van der Waals surface area (Å²) in [5.74, 6) is -0.00509. The van der Waals surface area contributed by atoms with E-state index in [0.29, 0.717) is 39.4 Å². The van der Waals surface area contributed by atoms with Gasteiger partial charge in [0, 0.05) is 32.1 Å². The Bertz CT molecular complexity index is 632. The van der Waals surface area contributed by atoms with Crippen molar-refractivity contribution in [3.63, 3.8) is 0 Å². The second kappa shape index (κ2) is 4.94. The van der Waals surface area contributed by atoms with Gasteiger partial charge in [-0.3, -0.25) is 4.79 Å². The van der Waals surface area contributed by atoms with Crippen molar-refractivity contribution < 1.29 is 22.7 Å². The molecule has 3 aliphatic heterocycles. The number of nitrogens with one attached hydrogen (secondary N) is 1. The van der Waals surface area contributed by atoms with Crippen LogP contribution in [0.15, 0.2) is 6.33 Å². The number of halogens is 3. The van der Waals surface area contributed by atoms with Crippen molar-refractivity contribution >= 4 is 5.91 Å². The molecule has 0 spiro atoms. The molecule has 23 heavy (non-hydrogen) atoms. The van der Waals surface area contributed by atoms with E-state index in [1.165, 1.54) is 15.8 Å². The number of rotatable bonds is 1. The molecule has 1 N–H and O–H groups in total. The quantitative estimate of drug-likeness (QED) is 0.814. The van der Waals surface area contributed by atoms with Gasteiger partial charge in [-0.25, -0.2) is 4.98 Å². The van der Waals surface area contributed by atoms with Gasteiger partial charge in [0.05, 0.1) is 37.2 Å². The summed E-state index contributed by atoms with van der Waals surface area (Å²) in [5, 5.41) is 3.21. The molecule has 1 aromatic rings. The van der Waals surface area contributed by atoms with Crippen LogP contribution in [0.25, 0.3) is 0 Å². The minimum Gasteiger partial charge on any atom is -0.380 e. The highest BCUT2D eigenvalue weighted by Gasteiger charge is 2.55. The molecule has 2 fully saturated rings. The molecule has 0 bridgehead atoms. The average molecular weight is 330 g/mol. The Balaban J connectivity index is 1.61. The molecule has 1 amide bonds. The Hall–Kier alpha value is -1.61. The summed E-state index contributed by atoms with van der Waals surface area (Å²) in [6, 6.07) is 0. The molecular formula is C14H17F3N4O2. The van der Waals surface area contributed by atoms with Crippen LogP contribution in [0, 0.1) is 11.3 Å². The van der Waals surface area contributed by atoms with Gasteiger partial charge in [-0.15, -0.1) is 0 Å². The van der Waals surface area contributed by atoms with Gasteiger partial charge in [-0.1, -0.05) is 0 Å². The van der Waals surface area contributed by atoms with Crippen molar-refractivity contribution in [1.29, 1.82) is 0 Å². The first-order valence-corrected chi connectivity index (χ1v) is 7.61. The summed E-state index contributed by atoms with van der Waals surface area (Å²) in [7, 11) is 0. The maximum absolute atomic E-state index is 13.0. The number of hydrogen-bond donors (Lipinski definition) is 1. The Kier molecular flexibility index (Phi) is 3.21. The van der Waals surface area contributed by atoms with Crippen molar-refractivity contribution in [1.82, 2.24) is 19.8 Å². The molecule has 0 aliphatic carbocycles. The maximum Gasteiger partial charge on any atom is 0.435 e. The molecule has 4 heterocycles. The van der Waals surface area contributed by atoms with Crippen LogP contribution in [0.4, 0.5) is 13.2 Å². The summed E-state index contributed by atoms with van der Waals surface area (Å²) in [6.45, 7) is 2.78. The number of imidazole rings is 1. The predicted molar refractivity (Wildman–Crippen MR) is 72.3 cm³/mol. The predicted octanol–water partition coefficient (Wildman–Crippen LogP) is 0.480. The molecule has 4 rings (SSSR count). The van der Waals surface area contributed by atoms with Crippen molar-refractivity contribution in [2.75, 3.05) is 32.8 Å². The van der Waals surface area contributed by atoms with Crippen molar-refractivity contribution in [3.05, 3.63) is 17.7 Å². The number of amides is 1. The highest BCUT2D eigenvalue weighted by Crippen LogP contribution is 2.40. The molecule has 3 aliphatic rings. The van der Waals surface area contributed by atoms with Crippen LogP contribution < -0.4 is 5.32 Å². The molecule has 0 radical (unpaired) electrons. The van der Waals surface area contributed by atoms with Crippen LogP contribution >= 0.6 is 0 Å². The van der Waals surface area contributed by atoms with E-state index in [0.717, 1.165) is 0 Å². The van der Waals surface area contributed by atoms with E-state index in [1.807, 2.05) is 0 Å². The summed E-state index contributed by atoms with van der Waals surface area (Å²) >= 11 is 0. The SMILES string of the molecule is O=C(N1CCn2cnc(C(F)(F)F)c2C1)[C@]12CNC[C@H]1COC2. The van der Waals surface area contributed by atoms with E-state index in [-0.39, 0.29) is 24.1 Å². The zero-order valence-corrected chi connectivity index (χ0v) is 12.4. The number of nitrogens with zero attached hydrogens (tertiary/aromatic N) is 3. The molecule has 2 atom stereocenters. The molecular weight excluding hydrogens is 313 g/mol. The number of carbonyl (C=O) groups is 1. The minimum absolute atomic E-state index is 0.0534. The number of ether oxygens (including phenoxy) is 1. The fraction of sp³-hybridized carbons (Fsp3) is 0.714. The number of hydrogen-bond acceptors (Lipinski definition) is 4. The van der Waals surface area contributed by atoms with E-state index in [1.54, 1.807) is 0 Å². The summed E-state index contributed by atoms with van der Waals surface area (Å²) in [6.07, 6.45) is -3.30. The molecule has 2 saturated heterocycles. The lowest BCUT2D eigenvalue weighted by molar-refractivity contribution is -0.147. The van der Waals surface area contributed by atoms with E-state index >= 15 is 0 Å². The molecule has 126 valence electrons. The number of alkyl halides is 3. The summed E-state index contributed by atoms with van der Waals surface area (Å²) in [4.78, 5) is 18.0. The van der Waals surface area contributed by atoms with Gasteiger partial charge >= 0.3 is 6.18 Å². The third kappa shape index (κ3) is 2.17. The first-order valence-electron chi connectivity index (χ1n) is 7.61. The van der Waals surface area contributed by atoms with Gasteiger partial charge in [0.25, 0.3) is 0 Å². The number of fused-ring (bicyclic) bond motifs is 2. The third-order valence-corrected chi connectivity index (χ3v) is 5.17. The van der Waals surface area contributed by atoms with Crippen molar-refractivity contribution in [2.24, 2.45) is 11.3 Å². The summed E-state index contributed by atoms with van der Waals surface area (Å²) < 4.78 is 46.1. The van der Waals surface area contributed by atoms with E-state index in [9.17, 15) is 18.0 Å². The van der Waals surface area contributed by atoms with Gasteiger partial charge < -0.3 is 19.5 Å². The Morgan fingerprint density at radius 1 is 1.43 bits per heavy atom. The molecule has 9 heteroatoms. The zero-order chi connectivity index (χ0) is 16.2. The van der Waals surface area contributed by atoms with E-state index in [4.69, 9.17) is 4.74 Å². The standard InChI is InChI=1S/C14H17F3N4O2/c15-14(16,17)11-10-4-20(1-2-21(10)8-19-11)12(22)13-6-18-3-9(13)5-23-7-13/h8-9,18H,1-7H2/t9-,13-/m0/s1. The Morgan fingerprint density at radius 3 is 3.04 bits per heavy atom. The lowest BCUT2D eigenvalue weighted by atomic mass is 9.79. The van der Waals surface area contributed by atoms with Gasteiger partial charge in [-0.05, 0) is 0 Å². The van der Waals surface area contributed by atoms with Gasteiger partial charge in [0.2, 0.25) is 5.91 Å². The van der Waals surface area contributed by atoms with Crippen LogP contribution in [-0.4, -0.2) is 53.2 Å². The van der Waals surface area contributed by atoms with Crippen molar-refractivity contribution in [2.45, 2.75) is 19.3 Å². The van der Waals surface area contributed by atoms with Gasteiger partial charge in [0.1, 0.15) is 0 Å². The largest absolute Gasteiger partial charge is 0.435 e. The molecule has 0 saturated carbocycles. The highest BCUT2D eigenvalue weighted by atomic mass is 19.4. The second-order valence-electron chi connectivity index (χ2n) is 6.46. The maximum atomic E-state index is 13.0. The number of carbonyl (C=O) groups excluding carboxylic acids is 1. The zero-order valence-electron chi connectivity index (χ0n) is 12.4. The Morgan fingerprint density at radius 2 is 2.26 bits per heavy atom. The van der Waals surface area contributed by atoms with Crippen LogP contribution in [0.3, 0.4) is 0 Å². The third-order valence-electron chi connectivity index (χ3n) is 5.17. The van der Waals surface area contributed by atoms with Crippen LogP contribution in [0.1, 0.15) is 11.4 Å². The molecule has 0 aromatic carbocycles. The van der Waals surface area contributed by atoms with Crippen LogP contribution in [0.5, 0.6) is 0 Å². The minimum atomic E-state index is -4.50. The fourth-order valence-corrected chi connectivity index (χ4v) is 3.87. The lowest BCUT2D eigenvalue weighted by Gasteiger charge is -2.36. The second-order valence-corrected chi connectivity index (χ2v) is 6.46. The lowest BCUT2D eigenvalue weighted by Crippen LogP contribution is -2.50. The summed E-state index contributed by atoms with van der Waals surface area (Å²) in [5.41, 5.74) is -1.45. The average Bonchev–Trinajstić information content (AvgIpc) is 3.18. The smallest absolute Gasteiger partial charge is 0.380 e. The van der Waals surface area contributed by atoms with E-state index in [2.05, 4.69) is 10.3 Å². The van der Waals surface area contributed by atoms with E-state index < -0.39 is 17.3 Å². The van der Waals surface area contributed by atoms with Crippen LogP contribution in [0.2, 0.25) is 0 Å². The normalized spacial score (nSPS) is 30.4. The van der Waals surface area contributed by atoms with Gasteiger partial charge in [-0.2, -0.15) is 13.2 Å². The van der Waals surface area contributed by atoms with Gasteiger partial charge in [0.15, 0.2) is 5.69 Å². The first-order chi connectivity index (χ1) is 10.9. The van der Waals surface area contributed by atoms with Crippen LogP contribution in [-0.2, 0) is 28.8 Å². The van der Waals surface area contributed by atoms with Crippen molar-refractivity contribution in [3.8, 4) is 0 Å². The first kappa shape index (κ1) is 14.9. The molecule has 1 aromatic heterocycles. The molecule has 0 unspecified atom stereocenters. The number of aromatic nitrogens is 2.